The number of nitrogens with zero attached hydrogens (tertiary/aromatic N) is 10. The van der Waals surface area contributed by atoms with Gasteiger partial charge in [-0.05, 0) is 70.2 Å². The van der Waals surface area contributed by atoms with Crippen molar-refractivity contribution in [2.45, 2.75) is 51.9 Å². The van der Waals surface area contributed by atoms with E-state index in [4.69, 9.17) is 24.5 Å². The number of hydrogen-bond acceptors (Lipinski definition) is 10. The van der Waals surface area contributed by atoms with E-state index in [9.17, 15) is 26.3 Å². The molecule has 3 aromatic heterocycles. The van der Waals surface area contributed by atoms with E-state index in [0.29, 0.717) is 22.8 Å². The predicted molar refractivity (Wildman–Crippen MR) is 198 cm³/mol. The van der Waals surface area contributed by atoms with Crippen LogP contribution in [-0.4, -0.2) is 66.1 Å². The second kappa shape index (κ2) is 14.3. The minimum absolute atomic E-state index is 0.0101. The van der Waals surface area contributed by atoms with E-state index in [0.717, 1.165) is 30.0 Å². The maximum Gasteiger partial charge on any atom is 0.416 e. The molecule has 0 aliphatic carbocycles. The Morgan fingerprint density at radius 2 is 1.49 bits per heavy atom. The number of aliphatic imine (C=N–C) groups is 1. The summed E-state index contributed by atoms with van der Waals surface area (Å²) >= 11 is 0. The normalized spacial score (nSPS) is 16.2. The molecule has 13 nitrogen and oxygen atoms in total. The number of aryl methyl sites for hydroxylation is 2. The second-order valence-electron chi connectivity index (χ2n) is 13.5. The van der Waals surface area contributed by atoms with Crippen molar-refractivity contribution in [3.05, 3.63) is 114 Å². The molecule has 0 amide bonds. The molecule has 0 fully saturated rings. The quantitative estimate of drug-likeness (QED) is 0.146. The van der Waals surface area contributed by atoms with Crippen LogP contribution in [0.1, 0.15) is 48.0 Å². The van der Waals surface area contributed by atoms with Gasteiger partial charge in [0.15, 0.2) is 5.82 Å². The average Bonchev–Trinajstić information content (AvgIpc) is 3.98. The van der Waals surface area contributed by atoms with E-state index in [1.54, 1.807) is 63.1 Å². The first-order valence-electron chi connectivity index (χ1n) is 17.4. The third-order valence-electron chi connectivity index (χ3n) is 9.34. The summed E-state index contributed by atoms with van der Waals surface area (Å²) < 4.78 is 101. The molecule has 6 aromatic rings. The summed E-state index contributed by atoms with van der Waals surface area (Å²) in [5.74, 6) is -1.21. The van der Waals surface area contributed by atoms with Crippen molar-refractivity contribution in [2.24, 2.45) is 4.99 Å². The first-order chi connectivity index (χ1) is 26.9. The molecule has 0 radical (unpaired) electrons. The van der Waals surface area contributed by atoms with Crippen LogP contribution in [0.4, 0.5) is 38.0 Å². The fourth-order valence-corrected chi connectivity index (χ4v) is 6.63. The fourth-order valence-electron chi connectivity index (χ4n) is 6.63. The molecule has 0 bridgehead atoms. The summed E-state index contributed by atoms with van der Waals surface area (Å²) in [5.41, 5.74) is 3.86. The number of halogens is 6. The van der Waals surface area contributed by atoms with Gasteiger partial charge in [-0.3, -0.25) is 9.99 Å². The van der Waals surface area contributed by atoms with Crippen LogP contribution in [0, 0.1) is 13.8 Å². The fraction of sp³-hybridized carbons (Fsp3) is 0.289. The van der Waals surface area contributed by atoms with Crippen LogP contribution in [0.5, 0.6) is 11.5 Å². The van der Waals surface area contributed by atoms with Gasteiger partial charge in [0.05, 0.1) is 66.3 Å². The van der Waals surface area contributed by atoms with Gasteiger partial charge in [0, 0.05) is 37.1 Å². The summed E-state index contributed by atoms with van der Waals surface area (Å²) in [6.45, 7) is 7.17. The van der Waals surface area contributed by atoms with Crippen LogP contribution in [-0.2, 0) is 18.1 Å². The van der Waals surface area contributed by atoms with Crippen molar-refractivity contribution in [1.29, 1.82) is 0 Å². The zero-order chi connectivity index (χ0) is 41.0. The Morgan fingerprint density at radius 1 is 0.807 bits per heavy atom. The van der Waals surface area contributed by atoms with Gasteiger partial charge in [-0.15, -0.1) is 5.10 Å². The number of nitrogens with one attached hydrogen (secondary N) is 1. The highest BCUT2D eigenvalue weighted by Gasteiger charge is 2.49. The molecular formula is C38H37F6N11O2. The minimum atomic E-state index is -4.71. The molecule has 0 saturated heterocycles. The molecule has 0 spiro atoms. The van der Waals surface area contributed by atoms with Gasteiger partial charge in [0.25, 0.3) is 5.95 Å². The Labute approximate surface area is 322 Å². The molecule has 298 valence electrons. The van der Waals surface area contributed by atoms with Crippen LogP contribution >= 0.6 is 0 Å². The first-order valence-corrected chi connectivity index (χ1v) is 17.4. The van der Waals surface area contributed by atoms with Crippen molar-refractivity contribution in [3.63, 3.8) is 0 Å². The SMILES string of the molecule is COc1cc(N(C2=NC(c3cc(C(F)(F)F)ccc3OC)(n3cnc(C)c3)N(C)N2)c2nc(-c3cccc(C(F)(F)F)c3)n(C(C)C)n2)ccc1-n1cnc(C)c1. The first kappa shape index (κ1) is 38.9. The van der Waals surface area contributed by atoms with Gasteiger partial charge in [-0.2, -0.15) is 36.3 Å². The highest BCUT2D eigenvalue weighted by molar-refractivity contribution is 6.02. The lowest BCUT2D eigenvalue weighted by molar-refractivity contribution is -0.138. The molecule has 19 heteroatoms. The van der Waals surface area contributed by atoms with Crippen LogP contribution in [0.15, 0.2) is 90.7 Å². The smallest absolute Gasteiger partial charge is 0.416 e. The number of hydrazine groups is 1. The summed E-state index contributed by atoms with van der Waals surface area (Å²) in [6.07, 6.45) is -2.84. The van der Waals surface area contributed by atoms with E-state index >= 15 is 0 Å². The molecule has 3 aromatic carbocycles. The number of anilines is 2. The van der Waals surface area contributed by atoms with E-state index in [-0.39, 0.29) is 40.7 Å². The lowest BCUT2D eigenvalue weighted by Crippen LogP contribution is -2.51. The third kappa shape index (κ3) is 7.02. The number of alkyl halides is 6. The molecule has 4 heterocycles. The maximum absolute atomic E-state index is 14.3. The summed E-state index contributed by atoms with van der Waals surface area (Å²) in [5, 5.41) is 6.29. The number of benzene rings is 3. The highest BCUT2D eigenvalue weighted by atomic mass is 19.4. The minimum Gasteiger partial charge on any atom is -0.496 e. The van der Waals surface area contributed by atoms with Crippen molar-refractivity contribution in [2.75, 3.05) is 26.2 Å². The van der Waals surface area contributed by atoms with Gasteiger partial charge in [0.2, 0.25) is 11.7 Å². The number of guanidine groups is 1. The number of ether oxygens (including phenoxy) is 2. The zero-order valence-corrected chi connectivity index (χ0v) is 31.7. The Kier molecular flexibility index (Phi) is 9.75. The molecule has 7 rings (SSSR count). The Bertz CT molecular complexity index is 2470. The van der Waals surface area contributed by atoms with Crippen molar-refractivity contribution < 1.29 is 35.8 Å². The van der Waals surface area contributed by atoms with E-state index in [2.05, 4.69) is 15.4 Å². The van der Waals surface area contributed by atoms with Crippen LogP contribution in [0.2, 0.25) is 0 Å². The highest BCUT2D eigenvalue weighted by Crippen LogP contribution is 2.44. The van der Waals surface area contributed by atoms with Gasteiger partial charge in [-0.1, -0.05) is 12.1 Å². The number of rotatable bonds is 9. The lowest BCUT2D eigenvalue weighted by Gasteiger charge is -2.35. The number of aromatic nitrogens is 7. The summed E-state index contributed by atoms with van der Waals surface area (Å²) in [6, 6.07) is 12.6. The van der Waals surface area contributed by atoms with Gasteiger partial charge < -0.3 is 14.0 Å². The van der Waals surface area contributed by atoms with Gasteiger partial charge in [-0.25, -0.2) is 24.5 Å². The Hall–Kier alpha value is -6.37. The van der Waals surface area contributed by atoms with Crippen LogP contribution < -0.4 is 19.8 Å². The van der Waals surface area contributed by atoms with Gasteiger partial charge >= 0.3 is 12.4 Å². The van der Waals surface area contributed by atoms with Crippen molar-refractivity contribution in [1.82, 2.24) is 44.3 Å². The van der Waals surface area contributed by atoms with E-state index in [1.807, 2.05) is 13.1 Å². The maximum atomic E-state index is 14.3. The number of hydrogen-bond donors (Lipinski definition) is 1. The van der Waals surface area contributed by atoms with E-state index in [1.165, 1.54) is 57.9 Å². The topological polar surface area (TPSA) is 116 Å². The zero-order valence-electron chi connectivity index (χ0n) is 31.7. The molecular weight excluding hydrogens is 756 g/mol. The molecule has 1 unspecified atom stereocenters. The standard InChI is InChI=1S/C38H37F6N11O2/c1-22(2)55-33(25-9-8-10-26(15-25)36(39,40)41)47-34(50-55)54(28-12-13-30(32(17-28)57-7)52-18-23(3)45-20-52)35-48-38(51(5)49-35,53-19-24(4)46-21-53)29-16-27(37(42,43)44)11-14-31(29)56-6/h8-22H,1-7H3,(H,48,49). The van der Waals surface area contributed by atoms with Crippen LogP contribution in [0.25, 0.3) is 17.1 Å². The average molecular weight is 794 g/mol. The van der Waals surface area contributed by atoms with Crippen molar-refractivity contribution in [3.8, 4) is 28.6 Å². The Balaban J connectivity index is 1.50. The molecule has 1 aliphatic heterocycles. The van der Waals surface area contributed by atoms with Gasteiger partial charge in [0.1, 0.15) is 11.5 Å². The summed E-state index contributed by atoms with van der Waals surface area (Å²) in [4.78, 5) is 20.1. The predicted octanol–water partition coefficient (Wildman–Crippen LogP) is 7.88. The largest absolute Gasteiger partial charge is 0.496 e. The molecule has 1 N–H and O–H groups in total. The number of methoxy groups -OCH3 is 2. The molecule has 1 atom stereocenters. The monoisotopic (exact) mass is 793 g/mol. The molecule has 57 heavy (non-hydrogen) atoms. The Morgan fingerprint density at radius 3 is 2.11 bits per heavy atom. The lowest BCUT2D eigenvalue weighted by atomic mass is 10.0. The van der Waals surface area contributed by atoms with Crippen LogP contribution in [0.3, 0.4) is 0 Å². The second-order valence-corrected chi connectivity index (χ2v) is 13.5. The third-order valence-corrected chi connectivity index (χ3v) is 9.34. The van der Waals surface area contributed by atoms with Crippen molar-refractivity contribution >= 4 is 17.6 Å². The number of imidazole rings is 2. The summed E-state index contributed by atoms with van der Waals surface area (Å²) in [7, 11) is 4.41. The molecule has 0 saturated carbocycles. The van der Waals surface area contributed by atoms with E-state index < -0.39 is 29.3 Å². The molecule has 1 aliphatic rings.